The van der Waals surface area contributed by atoms with Crippen molar-refractivity contribution in [3.8, 4) is 0 Å². The maximum atomic E-state index is 11.2. The first-order valence-electron chi connectivity index (χ1n) is 3.31. The molecule has 0 heterocycles. The quantitative estimate of drug-likeness (QED) is 0.410. The highest BCUT2D eigenvalue weighted by molar-refractivity contribution is 14.1. The van der Waals surface area contributed by atoms with Gasteiger partial charge in [-0.1, -0.05) is 46.9 Å². The van der Waals surface area contributed by atoms with E-state index in [0.29, 0.717) is 0 Å². The Morgan fingerprint density at radius 2 is 2.36 bits per heavy atom. The van der Waals surface area contributed by atoms with Crippen LogP contribution in [-0.4, -0.2) is 16.5 Å². The van der Waals surface area contributed by atoms with Gasteiger partial charge < -0.3 is 4.74 Å². The highest BCUT2D eigenvalue weighted by atomic mass is 127. The zero-order valence-electron chi connectivity index (χ0n) is 6.21. The van der Waals surface area contributed by atoms with Crippen LogP contribution in [0.5, 0.6) is 0 Å². The van der Waals surface area contributed by atoms with Crippen LogP contribution in [0.15, 0.2) is 24.3 Å². The number of halogens is 1. The van der Waals surface area contributed by atoms with Gasteiger partial charge in [-0.05, 0) is 6.42 Å². The topological polar surface area (TPSA) is 26.3 Å². The van der Waals surface area contributed by atoms with Gasteiger partial charge in [-0.25, -0.2) is 0 Å². The zero-order valence-corrected chi connectivity index (χ0v) is 8.37. The SMILES string of the molecule is COC(=O)C1(I)C=CC=CC1. The normalized spacial score (nSPS) is 28.5. The van der Waals surface area contributed by atoms with Crippen molar-refractivity contribution in [1.29, 1.82) is 0 Å². The molecule has 1 aliphatic carbocycles. The molecule has 0 N–H and O–H groups in total. The van der Waals surface area contributed by atoms with E-state index in [1.165, 1.54) is 7.11 Å². The predicted molar refractivity (Wildman–Crippen MR) is 51.7 cm³/mol. The van der Waals surface area contributed by atoms with Gasteiger partial charge in [0.15, 0.2) is 0 Å². The number of esters is 1. The highest BCUT2D eigenvalue weighted by Gasteiger charge is 2.33. The third-order valence-corrected chi connectivity index (χ3v) is 2.79. The van der Waals surface area contributed by atoms with Gasteiger partial charge in [0.05, 0.1) is 7.11 Å². The van der Waals surface area contributed by atoms with Crippen LogP contribution in [-0.2, 0) is 9.53 Å². The number of allylic oxidation sites excluding steroid dienone is 3. The van der Waals surface area contributed by atoms with Gasteiger partial charge in [-0.15, -0.1) is 0 Å². The van der Waals surface area contributed by atoms with Crippen LogP contribution in [0, 0.1) is 0 Å². The van der Waals surface area contributed by atoms with Crippen LogP contribution in [0.1, 0.15) is 6.42 Å². The molecule has 0 saturated carbocycles. The van der Waals surface area contributed by atoms with Gasteiger partial charge in [0.1, 0.15) is 3.42 Å². The fourth-order valence-corrected chi connectivity index (χ4v) is 1.60. The van der Waals surface area contributed by atoms with Gasteiger partial charge in [-0.2, -0.15) is 0 Å². The first-order valence-corrected chi connectivity index (χ1v) is 4.38. The second-order valence-electron chi connectivity index (χ2n) is 2.35. The minimum Gasteiger partial charge on any atom is -0.468 e. The van der Waals surface area contributed by atoms with E-state index < -0.39 is 3.42 Å². The van der Waals surface area contributed by atoms with Crippen molar-refractivity contribution < 1.29 is 9.53 Å². The van der Waals surface area contributed by atoms with Crippen molar-refractivity contribution in [3.63, 3.8) is 0 Å². The molecule has 0 aromatic rings. The van der Waals surface area contributed by atoms with Crippen LogP contribution < -0.4 is 0 Å². The standard InChI is InChI=1S/C8H9IO2/c1-11-7(10)8(9)5-3-2-4-6-8/h2-5H,6H2,1H3. The molecular formula is C8H9IO2. The van der Waals surface area contributed by atoms with Gasteiger partial charge >= 0.3 is 5.97 Å². The molecule has 0 saturated heterocycles. The number of hydrogen-bond acceptors (Lipinski definition) is 2. The fourth-order valence-electron chi connectivity index (χ4n) is 0.915. The molecule has 3 heteroatoms. The van der Waals surface area contributed by atoms with Crippen LogP contribution in [0.4, 0.5) is 0 Å². The number of hydrogen-bond donors (Lipinski definition) is 0. The lowest BCUT2D eigenvalue weighted by atomic mass is 10.0. The number of carbonyl (C=O) groups is 1. The summed E-state index contributed by atoms with van der Waals surface area (Å²) >= 11 is 2.10. The second-order valence-corrected chi connectivity index (χ2v) is 4.27. The van der Waals surface area contributed by atoms with E-state index in [4.69, 9.17) is 0 Å². The first kappa shape index (κ1) is 8.77. The van der Waals surface area contributed by atoms with E-state index in [1.54, 1.807) is 0 Å². The Kier molecular flexibility index (Phi) is 2.70. The number of rotatable bonds is 1. The Bertz CT molecular complexity index is 220. The van der Waals surface area contributed by atoms with Crippen molar-refractivity contribution in [2.75, 3.05) is 7.11 Å². The number of carbonyl (C=O) groups excluding carboxylic acids is 1. The average molecular weight is 264 g/mol. The van der Waals surface area contributed by atoms with Crippen LogP contribution in [0.25, 0.3) is 0 Å². The molecule has 1 unspecified atom stereocenters. The molecular weight excluding hydrogens is 255 g/mol. The molecule has 0 spiro atoms. The molecule has 0 radical (unpaired) electrons. The molecule has 1 aliphatic rings. The van der Waals surface area contributed by atoms with Crippen molar-refractivity contribution in [1.82, 2.24) is 0 Å². The molecule has 2 nitrogen and oxygen atoms in total. The summed E-state index contributed by atoms with van der Waals surface area (Å²) in [4.78, 5) is 11.2. The molecule has 1 rings (SSSR count). The van der Waals surface area contributed by atoms with Gasteiger partial charge in [0.25, 0.3) is 0 Å². The van der Waals surface area contributed by atoms with E-state index in [1.807, 2.05) is 24.3 Å². The minimum absolute atomic E-state index is 0.182. The van der Waals surface area contributed by atoms with E-state index in [0.717, 1.165) is 6.42 Å². The van der Waals surface area contributed by atoms with Crippen LogP contribution in [0.3, 0.4) is 0 Å². The molecule has 0 aromatic heterocycles. The summed E-state index contributed by atoms with van der Waals surface area (Å²) in [5, 5.41) is 0. The van der Waals surface area contributed by atoms with E-state index in [2.05, 4.69) is 27.3 Å². The Morgan fingerprint density at radius 1 is 1.64 bits per heavy atom. The van der Waals surface area contributed by atoms with Crippen LogP contribution >= 0.6 is 22.6 Å². The lowest BCUT2D eigenvalue weighted by Crippen LogP contribution is -2.30. The maximum absolute atomic E-state index is 11.2. The molecule has 60 valence electrons. The molecule has 0 aliphatic heterocycles. The molecule has 0 fully saturated rings. The van der Waals surface area contributed by atoms with Crippen molar-refractivity contribution in [2.45, 2.75) is 9.84 Å². The van der Waals surface area contributed by atoms with Crippen molar-refractivity contribution in [3.05, 3.63) is 24.3 Å². The Labute approximate surface area is 79.4 Å². The summed E-state index contributed by atoms with van der Waals surface area (Å²) in [5.41, 5.74) is 0. The summed E-state index contributed by atoms with van der Waals surface area (Å²) < 4.78 is 4.19. The molecule has 0 bridgehead atoms. The number of alkyl halides is 1. The van der Waals surface area contributed by atoms with Gasteiger partial charge in [0.2, 0.25) is 0 Å². The van der Waals surface area contributed by atoms with E-state index in [-0.39, 0.29) is 5.97 Å². The van der Waals surface area contributed by atoms with Crippen molar-refractivity contribution >= 4 is 28.6 Å². The van der Waals surface area contributed by atoms with Gasteiger partial charge in [0, 0.05) is 0 Å². The summed E-state index contributed by atoms with van der Waals surface area (Å²) in [5.74, 6) is -0.182. The Hall–Kier alpha value is -0.320. The second kappa shape index (κ2) is 3.38. The lowest BCUT2D eigenvalue weighted by molar-refractivity contribution is -0.141. The van der Waals surface area contributed by atoms with Gasteiger partial charge in [-0.3, -0.25) is 4.79 Å². The molecule has 0 amide bonds. The van der Waals surface area contributed by atoms with E-state index >= 15 is 0 Å². The Balaban J connectivity index is 2.75. The monoisotopic (exact) mass is 264 g/mol. The summed E-state index contributed by atoms with van der Waals surface area (Å²) in [6, 6.07) is 0. The van der Waals surface area contributed by atoms with E-state index in [9.17, 15) is 4.79 Å². The number of ether oxygens (including phenoxy) is 1. The summed E-state index contributed by atoms with van der Waals surface area (Å²) in [6.45, 7) is 0. The average Bonchev–Trinajstić information content (AvgIpc) is 2.04. The third kappa shape index (κ3) is 1.83. The minimum atomic E-state index is -0.471. The maximum Gasteiger partial charge on any atom is 0.326 e. The first-order chi connectivity index (χ1) is 5.19. The predicted octanol–water partition coefficient (Wildman–Crippen LogP) is 1.85. The van der Waals surface area contributed by atoms with Crippen molar-refractivity contribution in [2.24, 2.45) is 0 Å². The molecule has 0 aromatic carbocycles. The summed E-state index contributed by atoms with van der Waals surface area (Å²) in [7, 11) is 1.41. The molecule has 11 heavy (non-hydrogen) atoms. The van der Waals surface area contributed by atoms with Crippen LogP contribution in [0.2, 0.25) is 0 Å². The smallest absolute Gasteiger partial charge is 0.326 e. The Morgan fingerprint density at radius 3 is 2.82 bits per heavy atom. The third-order valence-electron chi connectivity index (χ3n) is 1.55. The fraction of sp³-hybridized carbons (Fsp3) is 0.375. The zero-order chi connectivity index (χ0) is 8.32. The number of methoxy groups -OCH3 is 1. The lowest BCUT2D eigenvalue weighted by Gasteiger charge is -2.20. The highest BCUT2D eigenvalue weighted by Crippen LogP contribution is 2.29. The summed E-state index contributed by atoms with van der Waals surface area (Å²) in [6.07, 6.45) is 8.34. The molecule has 1 atom stereocenters. The largest absolute Gasteiger partial charge is 0.468 e.